The molecule has 4 aliphatic rings. The van der Waals surface area contributed by atoms with E-state index in [1.807, 2.05) is 12.5 Å². The van der Waals surface area contributed by atoms with Gasteiger partial charge in [-0.15, -0.1) is 0 Å². The summed E-state index contributed by atoms with van der Waals surface area (Å²) < 4.78 is 5.87. The number of allylic oxidation sites excluding steroid dienone is 2. The average Bonchev–Trinajstić information content (AvgIpc) is 3.40. The average molecular weight is 544 g/mol. The summed E-state index contributed by atoms with van der Waals surface area (Å²) in [5.41, 5.74) is 12.4. The standard InChI is InChI=1S/C16H13.C10H12OSi.2ClH.Zr/c1-12-10-14-8-5-9-15(16(14)11-12)13-6-3-2-4-7-13;1-6-9-7-4-11-5-8(7)10(6)12(9,2)3;;;/h2-11H,1H3;4-5,9H,1-3H3;2*1H;/q;;;;+2/p-2. The summed E-state index contributed by atoms with van der Waals surface area (Å²) >= 11 is 1.58. The maximum absolute atomic E-state index is 5.22. The first-order valence-corrected chi connectivity index (χ1v) is 14.8. The predicted octanol–water partition coefficient (Wildman–Crippen LogP) is 1.32. The minimum atomic E-state index is -1.04. The second-order valence-corrected chi connectivity index (χ2v) is 14.9. The van der Waals surface area contributed by atoms with Crippen LogP contribution in [0.15, 0.2) is 76.6 Å². The zero-order chi connectivity index (χ0) is 20.3. The van der Waals surface area contributed by atoms with Crippen LogP contribution in [-0.2, 0) is 24.7 Å². The van der Waals surface area contributed by atoms with Crippen molar-refractivity contribution in [3.8, 4) is 11.1 Å². The van der Waals surface area contributed by atoms with Crippen molar-refractivity contribution in [2.24, 2.45) is 0 Å². The van der Waals surface area contributed by atoms with Crippen molar-refractivity contribution in [1.82, 2.24) is 0 Å². The zero-order valence-corrected chi connectivity index (χ0v) is 23.1. The molecule has 1 aromatic heterocycles. The number of furan rings is 1. The Morgan fingerprint density at radius 1 is 0.839 bits per heavy atom. The van der Waals surface area contributed by atoms with E-state index in [0.29, 0.717) is 3.63 Å². The normalized spacial score (nSPS) is 20.9. The minimum absolute atomic E-state index is 0. The molecule has 0 N–H and O–H groups in total. The smallest absolute Gasteiger partial charge is 1.00 e. The predicted molar refractivity (Wildman–Crippen MR) is 120 cm³/mol. The maximum Gasteiger partial charge on any atom is -1.00 e. The second kappa shape index (κ2) is 9.02. The molecule has 2 aromatic carbocycles. The third kappa shape index (κ3) is 3.72. The molecule has 2 unspecified atom stereocenters. The van der Waals surface area contributed by atoms with E-state index in [1.54, 1.807) is 35.5 Å². The van der Waals surface area contributed by atoms with Gasteiger partial charge in [0.25, 0.3) is 0 Å². The first-order valence-electron chi connectivity index (χ1n) is 10.3. The molecule has 0 saturated heterocycles. The van der Waals surface area contributed by atoms with Gasteiger partial charge in [0, 0.05) is 16.7 Å². The van der Waals surface area contributed by atoms with Gasteiger partial charge >= 0.3 is 118 Å². The van der Waals surface area contributed by atoms with Crippen molar-refractivity contribution >= 4 is 19.3 Å². The van der Waals surface area contributed by atoms with E-state index in [2.05, 4.69) is 81.5 Å². The van der Waals surface area contributed by atoms with E-state index in [4.69, 9.17) is 4.42 Å². The molecule has 2 bridgehead atoms. The van der Waals surface area contributed by atoms with Crippen molar-refractivity contribution in [2.75, 3.05) is 0 Å². The van der Waals surface area contributed by atoms with Crippen molar-refractivity contribution in [2.45, 2.75) is 36.1 Å². The summed E-state index contributed by atoms with van der Waals surface area (Å²) in [6.45, 7) is 9.44. The van der Waals surface area contributed by atoms with Gasteiger partial charge < -0.3 is 29.2 Å². The van der Waals surface area contributed by atoms with E-state index < -0.39 is 8.07 Å². The van der Waals surface area contributed by atoms with E-state index in [0.717, 1.165) is 5.54 Å². The van der Waals surface area contributed by atoms with Crippen LogP contribution in [0.2, 0.25) is 13.1 Å². The number of hydrogen-bond acceptors (Lipinski definition) is 1. The van der Waals surface area contributed by atoms with Gasteiger partial charge in [-0.2, -0.15) is 0 Å². The van der Waals surface area contributed by atoms with Gasteiger partial charge in [-0.25, -0.2) is 0 Å². The summed E-state index contributed by atoms with van der Waals surface area (Å²) in [5.74, 6) is 0. The first-order chi connectivity index (χ1) is 13.9. The Balaban J connectivity index is 0.000000173. The monoisotopic (exact) mass is 541 g/mol. The number of halogens is 2. The molecule has 1 nitrogen and oxygen atoms in total. The number of fused-ring (bicyclic) bond motifs is 1. The second-order valence-electron chi connectivity index (χ2n) is 8.95. The number of benzene rings is 2. The molecule has 2 aliphatic heterocycles. The van der Waals surface area contributed by atoms with Crippen LogP contribution in [0, 0.1) is 0 Å². The van der Waals surface area contributed by atoms with Crippen LogP contribution in [-0.4, -0.2) is 8.07 Å². The Labute approximate surface area is 213 Å². The van der Waals surface area contributed by atoms with Crippen LogP contribution in [0.4, 0.5) is 0 Å². The molecule has 2 aliphatic carbocycles. The third-order valence-corrected chi connectivity index (χ3v) is 12.9. The Morgan fingerprint density at radius 3 is 2.19 bits per heavy atom. The summed E-state index contributed by atoms with van der Waals surface area (Å²) in [6, 6.07) is 17.3. The van der Waals surface area contributed by atoms with Crippen molar-refractivity contribution in [3.05, 3.63) is 94.5 Å². The molecule has 0 spiro atoms. The van der Waals surface area contributed by atoms with Crippen LogP contribution in [0.25, 0.3) is 22.4 Å². The molecular formula is C26H25Cl2OSiZr. The molecule has 31 heavy (non-hydrogen) atoms. The minimum Gasteiger partial charge on any atom is -1.00 e. The van der Waals surface area contributed by atoms with Crippen molar-refractivity contribution < 1.29 is 54.0 Å². The molecule has 0 saturated carbocycles. The van der Waals surface area contributed by atoms with Crippen molar-refractivity contribution in [3.63, 3.8) is 0 Å². The van der Waals surface area contributed by atoms with Crippen LogP contribution in [0.3, 0.4) is 0 Å². The fraction of sp³-hybridized carbons (Fsp3) is 0.231. The Kier molecular flexibility index (Phi) is 7.14. The maximum atomic E-state index is 5.22. The molecule has 3 heterocycles. The largest absolute Gasteiger partial charge is 1.00 e. The summed E-state index contributed by atoms with van der Waals surface area (Å²) in [7, 11) is -1.04. The molecule has 0 fully saturated rings. The van der Waals surface area contributed by atoms with Gasteiger partial charge in [0.2, 0.25) is 0 Å². The topological polar surface area (TPSA) is 13.1 Å². The van der Waals surface area contributed by atoms with Gasteiger partial charge in [-0.3, -0.25) is 0 Å². The Morgan fingerprint density at radius 2 is 1.55 bits per heavy atom. The van der Waals surface area contributed by atoms with Crippen LogP contribution in [0.5, 0.6) is 0 Å². The van der Waals surface area contributed by atoms with Crippen LogP contribution in [0.1, 0.15) is 45.3 Å². The Hall–Kier alpha value is -1.12. The molecule has 0 radical (unpaired) electrons. The van der Waals surface area contributed by atoms with E-state index in [-0.39, 0.29) is 24.8 Å². The van der Waals surface area contributed by atoms with E-state index in [1.165, 1.54) is 39.0 Å². The number of hydrogen-bond donors (Lipinski definition) is 0. The molecule has 0 amide bonds. The summed E-state index contributed by atoms with van der Waals surface area (Å²) in [6.07, 6.45) is 6.23. The van der Waals surface area contributed by atoms with Gasteiger partial charge in [0.1, 0.15) is 0 Å². The van der Waals surface area contributed by atoms with Gasteiger partial charge in [-0.05, 0) is 12.1 Å². The van der Waals surface area contributed by atoms with Gasteiger partial charge in [-0.1, -0.05) is 18.7 Å². The van der Waals surface area contributed by atoms with Crippen LogP contribution < -0.4 is 24.8 Å². The molecule has 7 rings (SSSR count). The fourth-order valence-electron chi connectivity index (χ4n) is 5.60. The summed E-state index contributed by atoms with van der Waals surface area (Å²) in [4.78, 5) is 0. The van der Waals surface area contributed by atoms with E-state index >= 15 is 0 Å². The van der Waals surface area contributed by atoms with Gasteiger partial charge in [0.15, 0.2) is 0 Å². The number of rotatable bonds is 1. The molecule has 157 valence electrons. The molecular weight excluding hydrogens is 519 g/mol. The van der Waals surface area contributed by atoms with E-state index in [9.17, 15) is 0 Å². The third-order valence-electron chi connectivity index (χ3n) is 6.83. The molecule has 2 atom stereocenters. The first kappa shape index (κ1) is 24.5. The molecule has 5 heteroatoms. The summed E-state index contributed by atoms with van der Waals surface area (Å²) in [5, 5.41) is 1.66. The van der Waals surface area contributed by atoms with Gasteiger partial charge in [0.05, 0.1) is 20.6 Å². The van der Waals surface area contributed by atoms with Crippen LogP contribution >= 0.6 is 0 Å². The zero-order valence-electron chi connectivity index (χ0n) is 18.2. The molecule has 3 aromatic rings. The quantitative estimate of drug-likeness (QED) is 0.422. The Bertz CT molecular complexity index is 1180. The van der Waals surface area contributed by atoms with Crippen molar-refractivity contribution in [1.29, 1.82) is 0 Å². The SMILES string of the molecule is CC1=C2c3cocc3C1[Si]2(C)C.CC1=Cc2c(-c3ccccc3)cccc2[CH]1[Zr+2].[Cl-].[Cl-]. The fourth-order valence-corrected chi connectivity index (χ4v) is 10.8.